The summed E-state index contributed by atoms with van der Waals surface area (Å²) < 4.78 is 0. The number of carbonyl (C=O) groups is 1. The van der Waals surface area contributed by atoms with E-state index in [1.807, 2.05) is 31.2 Å². The molecule has 0 heterocycles. The van der Waals surface area contributed by atoms with E-state index in [-0.39, 0.29) is 5.78 Å². The van der Waals surface area contributed by atoms with Gasteiger partial charge in [-0.05, 0) is 39.3 Å². The zero-order valence-corrected chi connectivity index (χ0v) is 11.4. The summed E-state index contributed by atoms with van der Waals surface area (Å²) in [5.74, 6) is 0.227. The van der Waals surface area contributed by atoms with Gasteiger partial charge in [-0.1, -0.05) is 31.2 Å². The molecule has 0 N–H and O–H groups in total. The predicted octanol–water partition coefficient (Wildman–Crippen LogP) is 3.30. The number of rotatable bonds is 6. The maximum absolute atomic E-state index is 12.2. The van der Waals surface area contributed by atoms with Crippen molar-refractivity contribution in [3.05, 3.63) is 35.4 Å². The molecule has 0 fully saturated rings. The van der Waals surface area contributed by atoms with Crippen molar-refractivity contribution in [2.75, 3.05) is 13.1 Å². The highest BCUT2D eigenvalue weighted by atomic mass is 16.1. The third kappa shape index (κ3) is 3.97. The fourth-order valence-corrected chi connectivity index (χ4v) is 1.96. The quantitative estimate of drug-likeness (QED) is 0.703. The molecule has 0 radical (unpaired) electrons. The number of aryl methyl sites for hydroxylation is 1. The summed E-state index contributed by atoms with van der Waals surface area (Å²) in [7, 11) is 0. The van der Waals surface area contributed by atoms with Crippen LogP contribution in [0.2, 0.25) is 0 Å². The molecular formula is C15H23NO. The highest BCUT2D eigenvalue weighted by Crippen LogP contribution is 2.10. The average molecular weight is 233 g/mol. The van der Waals surface area contributed by atoms with Gasteiger partial charge in [0.25, 0.3) is 0 Å². The topological polar surface area (TPSA) is 20.3 Å². The first-order valence-electron chi connectivity index (χ1n) is 6.39. The van der Waals surface area contributed by atoms with E-state index in [1.54, 1.807) is 0 Å². The molecule has 0 amide bonds. The van der Waals surface area contributed by atoms with E-state index in [1.165, 1.54) is 0 Å². The smallest absolute Gasteiger partial charge is 0.177 e. The molecule has 0 saturated heterocycles. The summed E-state index contributed by atoms with van der Waals surface area (Å²) >= 11 is 0. The van der Waals surface area contributed by atoms with E-state index in [0.717, 1.165) is 24.1 Å². The van der Waals surface area contributed by atoms with Gasteiger partial charge >= 0.3 is 0 Å². The third-order valence-corrected chi connectivity index (χ3v) is 3.03. The fourth-order valence-electron chi connectivity index (χ4n) is 1.96. The number of nitrogens with zero attached hydrogens (tertiary/aromatic N) is 1. The molecular weight excluding hydrogens is 210 g/mol. The number of ketones is 1. The van der Waals surface area contributed by atoms with Crippen molar-refractivity contribution < 1.29 is 4.79 Å². The summed E-state index contributed by atoms with van der Waals surface area (Å²) in [5, 5.41) is 0. The van der Waals surface area contributed by atoms with Crippen molar-refractivity contribution in [2.24, 2.45) is 0 Å². The molecule has 0 atom stereocenters. The summed E-state index contributed by atoms with van der Waals surface area (Å²) in [6, 6.07) is 8.23. The van der Waals surface area contributed by atoms with Gasteiger partial charge in [0.1, 0.15) is 0 Å². The zero-order chi connectivity index (χ0) is 12.8. The Kier molecular flexibility index (Phi) is 5.36. The molecule has 0 bridgehead atoms. The summed E-state index contributed by atoms with van der Waals surface area (Å²) in [4.78, 5) is 14.4. The van der Waals surface area contributed by atoms with Crippen LogP contribution in [0.3, 0.4) is 0 Å². The normalized spacial score (nSPS) is 11.2. The first-order valence-corrected chi connectivity index (χ1v) is 6.39. The molecule has 2 nitrogen and oxygen atoms in total. The Labute approximate surface area is 105 Å². The second-order valence-electron chi connectivity index (χ2n) is 4.80. The van der Waals surface area contributed by atoms with Crippen molar-refractivity contribution in [3.8, 4) is 0 Å². The lowest BCUT2D eigenvalue weighted by Gasteiger charge is -2.25. The van der Waals surface area contributed by atoms with Crippen molar-refractivity contribution in [1.82, 2.24) is 4.90 Å². The number of Topliss-reactive ketones (excluding diaryl/α,β-unsaturated/α-hetero) is 1. The highest BCUT2D eigenvalue weighted by molar-refractivity contribution is 5.98. The minimum atomic E-state index is 0.227. The second-order valence-corrected chi connectivity index (χ2v) is 4.80. The largest absolute Gasteiger partial charge is 0.293 e. The Hall–Kier alpha value is -1.15. The summed E-state index contributed by atoms with van der Waals surface area (Å²) in [6.45, 7) is 9.92. The van der Waals surface area contributed by atoms with Gasteiger partial charge in [0.15, 0.2) is 5.78 Å². The lowest BCUT2D eigenvalue weighted by molar-refractivity contribution is 0.0905. The van der Waals surface area contributed by atoms with Crippen molar-refractivity contribution >= 4 is 5.78 Å². The maximum Gasteiger partial charge on any atom is 0.177 e. The molecule has 2 heteroatoms. The van der Waals surface area contributed by atoms with Crippen LogP contribution in [0.15, 0.2) is 24.3 Å². The van der Waals surface area contributed by atoms with Gasteiger partial charge in [-0.15, -0.1) is 0 Å². The SMILES string of the molecule is CCCN(CC(=O)c1ccccc1C)C(C)C. The Morgan fingerprint density at radius 1 is 1.29 bits per heavy atom. The molecule has 0 aliphatic rings. The molecule has 1 rings (SSSR count). The second kappa shape index (κ2) is 6.55. The fraction of sp³-hybridized carbons (Fsp3) is 0.533. The van der Waals surface area contributed by atoms with Crippen LogP contribution in [0.1, 0.15) is 43.1 Å². The zero-order valence-electron chi connectivity index (χ0n) is 11.4. The first-order chi connectivity index (χ1) is 8.06. The standard InChI is InChI=1S/C15H23NO/c1-5-10-16(12(2)3)11-15(17)14-9-7-6-8-13(14)4/h6-9,12H,5,10-11H2,1-4H3. The van der Waals surface area contributed by atoms with Crippen molar-refractivity contribution in [3.63, 3.8) is 0 Å². The lowest BCUT2D eigenvalue weighted by Crippen LogP contribution is -2.36. The number of benzene rings is 1. The van der Waals surface area contributed by atoms with Gasteiger partial charge in [-0.2, -0.15) is 0 Å². The monoisotopic (exact) mass is 233 g/mol. The van der Waals surface area contributed by atoms with Gasteiger partial charge in [-0.25, -0.2) is 0 Å². The third-order valence-electron chi connectivity index (χ3n) is 3.03. The molecule has 1 aromatic rings. The van der Waals surface area contributed by atoms with Gasteiger partial charge in [0, 0.05) is 11.6 Å². The molecule has 94 valence electrons. The minimum absolute atomic E-state index is 0.227. The molecule has 0 aromatic heterocycles. The van der Waals surface area contributed by atoms with E-state index >= 15 is 0 Å². The van der Waals surface area contributed by atoms with Gasteiger partial charge < -0.3 is 0 Å². The van der Waals surface area contributed by atoms with Crippen LogP contribution >= 0.6 is 0 Å². The van der Waals surface area contributed by atoms with Crippen LogP contribution < -0.4 is 0 Å². The van der Waals surface area contributed by atoms with Crippen molar-refractivity contribution in [2.45, 2.75) is 40.2 Å². The predicted molar refractivity (Wildman–Crippen MR) is 72.5 cm³/mol. The van der Waals surface area contributed by atoms with Gasteiger partial charge in [-0.3, -0.25) is 9.69 Å². The van der Waals surface area contributed by atoms with Gasteiger partial charge in [0.2, 0.25) is 0 Å². The number of carbonyl (C=O) groups excluding carboxylic acids is 1. The molecule has 0 aliphatic heterocycles. The molecule has 0 saturated carbocycles. The summed E-state index contributed by atoms with van der Waals surface area (Å²) in [6.07, 6.45) is 1.08. The highest BCUT2D eigenvalue weighted by Gasteiger charge is 2.15. The molecule has 0 spiro atoms. The Balaban J connectivity index is 2.74. The minimum Gasteiger partial charge on any atom is -0.293 e. The molecule has 0 unspecified atom stereocenters. The van der Waals surface area contributed by atoms with E-state index in [2.05, 4.69) is 25.7 Å². The number of hydrogen-bond acceptors (Lipinski definition) is 2. The van der Waals surface area contributed by atoms with E-state index < -0.39 is 0 Å². The molecule has 0 aliphatic carbocycles. The van der Waals surface area contributed by atoms with Crippen molar-refractivity contribution in [1.29, 1.82) is 0 Å². The van der Waals surface area contributed by atoms with Crippen LogP contribution in [-0.2, 0) is 0 Å². The van der Waals surface area contributed by atoms with E-state index in [0.29, 0.717) is 12.6 Å². The number of hydrogen-bond donors (Lipinski definition) is 0. The first kappa shape index (κ1) is 13.9. The van der Waals surface area contributed by atoms with Crippen LogP contribution in [0.25, 0.3) is 0 Å². The Morgan fingerprint density at radius 2 is 1.94 bits per heavy atom. The van der Waals surface area contributed by atoms with E-state index in [4.69, 9.17) is 0 Å². The van der Waals surface area contributed by atoms with Crippen LogP contribution in [0, 0.1) is 6.92 Å². The van der Waals surface area contributed by atoms with Gasteiger partial charge in [0.05, 0.1) is 6.54 Å². The maximum atomic E-state index is 12.2. The van der Waals surface area contributed by atoms with Crippen LogP contribution in [-0.4, -0.2) is 29.8 Å². The van der Waals surface area contributed by atoms with Crippen LogP contribution in [0.5, 0.6) is 0 Å². The Bertz CT molecular complexity index is 371. The molecule has 1 aromatic carbocycles. The Morgan fingerprint density at radius 3 is 2.47 bits per heavy atom. The molecule has 17 heavy (non-hydrogen) atoms. The van der Waals surface area contributed by atoms with Crippen LogP contribution in [0.4, 0.5) is 0 Å². The average Bonchev–Trinajstić information content (AvgIpc) is 2.28. The van der Waals surface area contributed by atoms with E-state index in [9.17, 15) is 4.79 Å². The lowest BCUT2D eigenvalue weighted by atomic mass is 10.0. The summed E-state index contributed by atoms with van der Waals surface area (Å²) in [5.41, 5.74) is 1.92.